The lowest BCUT2D eigenvalue weighted by atomic mass is 9.90. The molecule has 1 aromatic carbocycles. The van der Waals surface area contributed by atoms with Gasteiger partial charge < -0.3 is 4.90 Å². The SMILES string of the molecule is Cc1ccc(-c2cn[nH]c2C2CCCN(c3ncccn3)C2)cc1. The van der Waals surface area contributed by atoms with Gasteiger partial charge in [0.25, 0.3) is 0 Å². The Hall–Kier alpha value is -2.69. The number of anilines is 1. The van der Waals surface area contributed by atoms with Crippen LogP contribution in [0.25, 0.3) is 11.1 Å². The number of aromatic nitrogens is 4. The summed E-state index contributed by atoms with van der Waals surface area (Å²) in [5, 5.41) is 7.56. The predicted octanol–water partition coefficient (Wildman–Crippen LogP) is 3.56. The van der Waals surface area contributed by atoms with Crippen LogP contribution in [0, 0.1) is 6.92 Å². The first-order valence-corrected chi connectivity index (χ1v) is 8.43. The van der Waals surface area contributed by atoms with Crippen LogP contribution in [-0.2, 0) is 0 Å². The van der Waals surface area contributed by atoms with Gasteiger partial charge in [0.1, 0.15) is 0 Å². The van der Waals surface area contributed by atoms with Crippen molar-refractivity contribution in [1.29, 1.82) is 0 Å². The lowest BCUT2D eigenvalue weighted by Gasteiger charge is -2.32. The van der Waals surface area contributed by atoms with Gasteiger partial charge in [0.2, 0.25) is 5.95 Å². The summed E-state index contributed by atoms with van der Waals surface area (Å²) in [6.07, 6.45) is 7.84. The fraction of sp³-hybridized carbons (Fsp3) is 0.316. The molecule has 5 heteroatoms. The lowest BCUT2D eigenvalue weighted by Crippen LogP contribution is -2.35. The van der Waals surface area contributed by atoms with Gasteiger partial charge in [-0.2, -0.15) is 5.10 Å². The van der Waals surface area contributed by atoms with E-state index in [9.17, 15) is 0 Å². The van der Waals surface area contributed by atoms with Gasteiger partial charge >= 0.3 is 0 Å². The van der Waals surface area contributed by atoms with Gasteiger partial charge in [0, 0.05) is 42.7 Å². The molecule has 0 amide bonds. The van der Waals surface area contributed by atoms with Crippen LogP contribution >= 0.6 is 0 Å². The number of rotatable bonds is 3. The van der Waals surface area contributed by atoms with Gasteiger partial charge in [-0.15, -0.1) is 0 Å². The maximum absolute atomic E-state index is 4.40. The number of aromatic amines is 1. The van der Waals surface area contributed by atoms with Gasteiger partial charge in [-0.25, -0.2) is 9.97 Å². The molecular formula is C19H21N5. The molecule has 1 atom stereocenters. The van der Waals surface area contributed by atoms with Crippen LogP contribution in [0.1, 0.15) is 30.0 Å². The summed E-state index contributed by atoms with van der Waals surface area (Å²) in [4.78, 5) is 11.1. The van der Waals surface area contributed by atoms with E-state index in [1.807, 2.05) is 12.3 Å². The van der Waals surface area contributed by atoms with Crippen LogP contribution in [-0.4, -0.2) is 33.3 Å². The highest BCUT2D eigenvalue weighted by molar-refractivity contribution is 5.66. The van der Waals surface area contributed by atoms with Crippen molar-refractivity contribution < 1.29 is 0 Å². The van der Waals surface area contributed by atoms with Crippen LogP contribution in [0.2, 0.25) is 0 Å². The van der Waals surface area contributed by atoms with Crippen molar-refractivity contribution in [1.82, 2.24) is 20.2 Å². The van der Waals surface area contributed by atoms with Crippen molar-refractivity contribution in [3.05, 3.63) is 60.2 Å². The third-order valence-corrected chi connectivity index (χ3v) is 4.70. The third-order valence-electron chi connectivity index (χ3n) is 4.70. The van der Waals surface area contributed by atoms with E-state index < -0.39 is 0 Å². The van der Waals surface area contributed by atoms with Crippen LogP contribution in [0.4, 0.5) is 5.95 Å². The topological polar surface area (TPSA) is 57.7 Å². The monoisotopic (exact) mass is 319 g/mol. The maximum atomic E-state index is 4.40. The molecule has 3 heterocycles. The van der Waals surface area contributed by atoms with Crippen molar-refractivity contribution in [2.75, 3.05) is 18.0 Å². The molecule has 1 fully saturated rings. The van der Waals surface area contributed by atoms with E-state index in [2.05, 4.69) is 56.3 Å². The average Bonchev–Trinajstić information content (AvgIpc) is 3.13. The van der Waals surface area contributed by atoms with Crippen molar-refractivity contribution in [2.45, 2.75) is 25.7 Å². The van der Waals surface area contributed by atoms with Crippen molar-refractivity contribution >= 4 is 5.95 Å². The molecule has 1 N–H and O–H groups in total. The molecular weight excluding hydrogens is 298 g/mol. The lowest BCUT2D eigenvalue weighted by molar-refractivity contribution is 0.495. The zero-order valence-electron chi connectivity index (χ0n) is 13.8. The molecule has 4 rings (SSSR count). The standard InChI is InChI=1S/C19H21N5/c1-14-5-7-15(8-6-14)17-12-22-23-18(17)16-4-2-11-24(13-16)19-20-9-3-10-21-19/h3,5-10,12,16H,2,4,11,13H2,1H3,(H,22,23). The quantitative estimate of drug-likeness (QED) is 0.802. The first kappa shape index (κ1) is 14.9. The molecule has 0 aliphatic carbocycles. The normalized spacial score (nSPS) is 17.9. The van der Waals surface area contributed by atoms with Crippen LogP contribution in [0.15, 0.2) is 48.9 Å². The second-order valence-electron chi connectivity index (χ2n) is 6.40. The van der Waals surface area contributed by atoms with Gasteiger partial charge in [0.15, 0.2) is 0 Å². The zero-order chi connectivity index (χ0) is 16.4. The fourth-order valence-electron chi connectivity index (χ4n) is 3.42. The van der Waals surface area contributed by atoms with Crippen LogP contribution in [0.5, 0.6) is 0 Å². The Bertz CT molecular complexity index is 794. The van der Waals surface area contributed by atoms with E-state index >= 15 is 0 Å². The van der Waals surface area contributed by atoms with Gasteiger partial charge in [-0.05, 0) is 31.4 Å². The van der Waals surface area contributed by atoms with Crippen molar-refractivity contribution in [3.63, 3.8) is 0 Å². The van der Waals surface area contributed by atoms with E-state index in [1.165, 1.54) is 22.4 Å². The zero-order valence-corrected chi connectivity index (χ0v) is 13.8. The molecule has 0 spiro atoms. The summed E-state index contributed by atoms with van der Waals surface area (Å²) >= 11 is 0. The molecule has 0 saturated carbocycles. The number of nitrogens with one attached hydrogen (secondary N) is 1. The maximum Gasteiger partial charge on any atom is 0.225 e. The first-order chi connectivity index (χ1) is 11.8. The minimum absolute atomic E-state index is 0.418. The second kappa shape index (κ2) is 6.43. The number of hydrogen-bond acceptors (Lipinski definition) is 4. The number of benzene rings is 1. The fourth-order valence-corrected chi connectivity index (χ4v) is 3.42. The van der Waals surface area contributed by atoms with Gasteiger partial charge in [-0.3, -0.25) is 5.10 Å². The summed E-state index contributed by atoms with van der Waals surface area (Å²) in [6, 6.07) is 10.5. The van der Waals surface area contributed by atoms with Crippen molar-refractivity contribution in [3.8, 4) is 11.1 Å². The highest BCUT2D eigenvalue weighted by Crippen LogP contribution is 2.33. The second-order valence-corrected chi connectivity index (χ2v) is 6.40. The molecule has 0 bridgehead atoms. The van der Waals surface area contributed by atoms with Crippen molar-refractivity contribution in [2.24, 2.45) is 0 Å². The van der Waals surface area contributed by atoms with Gasteiger partial charge in [-0.1, -0.05) is 29.8 Å². The molecule has 0 radical (unpaired) electrons. The summed E-state index contributed by atoms with van der Waals surface area (Å²) < 4.78 is 0. The summed E-state index contributed by atoms with van der Waals surface area (Å²) in [5.41, 5.74) is 4.92. The van der Waals surface area contributed by atoms with E-state index in [0.29, 0.717) is 5.92 Å². The molecule has 3 aromatic rings. The number of hydrogen-bond donors (Lipinski definition) is 1. The van der Waals surface area contributed by atoms with E-state index in [-0.39, 0.29) is 0 Å². The number of piperidine rings is 1. The predicted molar refractivity (Wildman–Crippen MR) is 95.0 cm³/mol. The molecule has 1 unspecified atom stereocenters. The number of aryl methyl sites for hydroxylation is 1. The van der Waals surface area contributed by atoms with Crippen LogP contribution in [0.3, 0.4) is 0 Å². The molecule has 1 aliphatic heterocycles. The summed E-state index contributed by atoms with van der Waals surface area (Å²) in [5.74, 6) is 1.24. The Morgan fingerprint density at radius 2 is 1.92 bits per heavy atom. The smallest absolute Gasteiger partial charge is 0.225 e. The molecule has 1 aliphatic rings. The average molecular weight is 319 g/mol. The minimum atomic E-state index is 0.418. The molecule has 24 heavy (non-hydrogen) atoms. The highest BCUT2D eigenvalue weighted by atomic mass is 15.3. The molecule has 5 nitrogen and oxygen atoms in total. The first-order valence-electron chi connectivity index (χ1n) is 8.43. The minimum Gasteiger partial charge on any atom is -0.340 e. The van der Waals surface area contributed by atoms with Crippen LogP contribution < -0.4 is 4.90 Å². The van der Waals surface area contributed by atoms with E-state index in [0.717, 1.165) is 31.9 Å². The molecule has 122 valence electrons. The Kier molecular flexibility index (Phi) is 3.99. The van der Waals surface area contributed by atoms with E-state index in [4.69, 9.17) is 0 Å². The number of nitrogens with zero attached hydrogens (tertiary/aromatic N) is 4. The largest absolute Gasteiger partial charge is 0.340 e. The Labute approximate surface area is 141 Å². The Morgan fingerprint density at radius 1 is 1.12 bits per heavy atom. The molecule has 1 saturated heterocycles. The summed E-state index contributed by atoms with van der Waals surface area (Å²) in [7, 11) is 0. The van der Waals surface area contributed by atoms with Gasteiger partial charge in [0.05, 0.1) is 6.20 Å². The molecule has 2 aromatic heterocycles. The highest BCUT2D eigenvalue weighted by Gasteiger charge is 2.26. The summed E-state index contributed by atoms with van der Waals surface area (Å²) in [6.45, 7) is 4.04. The number of H-pyrrole nitrogens is 1. The Morgan fingerprint density at radius 3 is 2.71 bits per heavy atom. The third kappa shape index (κ3) is 2.89. The van der Waals surface area contributed by atoms with E-state index in [1.54, 1.807) is 12.4 Å². The Balaban J connectivity index is 1.60.